The number of hydrogen-bond acceptors (Lipinski definition) is 3. The Hall–Kier alpha value is -0.540. The molecule has 5 heteroatoms. The summed E-state index contributed by atoms with van der Waals surface area (Å²) in [6, 6.07) is 1.91. The molecular formula is C7H5ClIN3. The number of aromatic nitrogens is 1. The molecule has 0 aliphatic heterocycles. The highest BCUT2D eigenvalue weighted by molar-refractivity contribution is 14.1. The third-order valence-electron chi connectivity index (χ3n) is 1.41. The van der Waals surface area contributed by atoms with Gasteiger partial charge in [0.15, 0.2) is 0 Å². The van der Waals surface area contributed by atoms with Crippen molar-refractivity contribution in [2.45, 2.75) is 6.92 Å². The van der Waals surface area contributed by atoms with Crippen LogP contribution in [0.25, 0.3) is 0 Å². The fourth-order valence-electron chi connectivity index (χ4n) is 0.774. The third-order valence-corrected chi connectivity index (χ3v) is 3.04. The van der Waals surface area contributed by atoms with Gasteiger partial charge in [0, 0.05) is 0 Å². The van der Waals surface area contributed by atoms with Crippen molar-refractivity contribution in [3.8, 4) is 6.07 Å². The first-order valence-corrected chi connectivity index (χ1v) is 4.54. The van der Waals surface area contributed by atoms with Gasteiger partial charge in [0.05, 0.1) is 15.0 Å². The molecule has 1 rings (SSSR count). The second-order valence-corrected chi connectivity index (χ2v) is 3.64. The van der Waals surface area contributed by atoms with E-state index in [0.717, 1.165) is 9.26 Å². The average Bonchev–Trinajstić information content (AvgIpc) is 2.01. The maximum absolute atomic E-state index is 8.66. The number of rotatable bonds is 0. The minimum absolute atomic E-state index is 0.174. The lowest BCUT2D eigenvalue weighted by Crippen LogP contribution is -2.00. The van der Waals surface area contributed by atoms with Crippen LogP contribution in [0.4, 0.5) is 5.69 Å². The zero-order valence-electron chi connectivity index (χ0n) is 6.23. The summed E-state index contributed by atoms with van der Waals surface area (Å²) in [5.74, 6) is 0. The van der Waals surface area contributed by atoms with E-state index in [0.29, 0.717) is 5.69 Å². The minimum atomic E-state index is 0.174. The predicted molar refractivity (Wildman–Crippen MR) is 55.8 cm³/mol. The van der Waals surface area contributed by atoms with Crippen LogP contribution in [-0.2, 0) is 0 Å². The molecule has 0 unspecified atom stereocenters. The van der Waals surface area contributed by atoms with Crippen LogP contribution < -0.4 is 5.73 Å². The number of nitrogen functional groups attached to an aromatic ring is 1. The summed E-state index contributed by atoms with van der Waals surface area (Å²) < 4.78 is 0.786. The quantitative estimate of drug-likeness (QED) is 0.588. The molecule has 0 saturated carbocycles. The Morgan fingerprint density at radius 1 is 1.67 bits per heavy atom. The highest BCUT2D eigenvalue weighted by Crippen LogP contribution is 2.26. The molecule has 0 aromatic carbocycles. The molecule has 0 aliphatic carbocycles. The number of aryl methyl sites for hydroxylation is 1. The Morgan fingerprint density at radius 2 is 2.25 bits per heavy atom. The summed E-state index contributed by atoms with van der Waals surface area (Å²) in [6.45, 7) is 1.80. The standard InChI is InChI=1S/C7H5ClIN3/c1-3-5(9)6(11)4(2-10)7(8)12-3/h1H3,(H2,11,12). The monoisotopic (exact) mass is 293 g/mol. The van der Waals surface area contributed by atoms with Gasteiger partial charge in [0.1, 0.15) is 16.8 Å². The first-order valence-electron chi connectivity index (χ1n) is 3.09. The van der Waals surface area contributed by atoms with Crippen molar-refractivity contribution in [2.75, 3.05) is 5.73 Å². The fraction of sp³-hybridized carbons (Fsp3) is 0.143. The van der Waals surface area contributed by atoms with Crippen LogP contribution >= 0.6 is 34.2 Å². The van der Waals surface area contributed by atoms with E-state index >= 15 is 0 Å². The topological polar surface area (TPSA) is 62.7 Å². The molecule has 0 fully saturated rings. The summed E-state index contributed by atoms with van der Waals surface area (Å²) in [5, 5.41) is 8.83. The fourth-order valence-corrected chi connectivity index (χ4v) is 1.44. The first kappa shape index (κ1) is 9.55. The third kappa shape index (κ3) is 1.47. The van der Waals surface area contributed by atoms with Gasteiger partial charge in [0.25, 0.3) is 0 Å². The number of halogens is 2. The predicted octanol–water partition coefficient (Wildman–Crippen LogP) is 2.10. The maximum atomic E-state index is 8.66. The molecular weight excluding hydrogens is 288 g/mol. The summed E-state index contributed by atoms with van der Waals surface area (Å²) >= 11 is 7.73. The molecule has 0 radical (unpaired) electrons. The van der Waals surface area contributed by atoms with E-state index in [1.54, 1.807) is 6.92 Å². The molecule has 0 aliphatic rings. The summed E-state index contributed by atoms with van der Waals surface area (Å²) in [6.07, 6.45) is 0. The second-order valence-electron chi connectivity index (χ2n) is 2.20. The van der Waals surface area contributed by atoms with E-state index in [-0.39, 0.29) is 10.7 Å². The maximum Gasteiger partial charge on any atom is 0.149 e. The van der Waals surface area contributed by atoms with Gasteiger partial charge in [-0.3, -0.25) is 0 Å². The van der Waals surface area contributed by atoms with Gasteiger partial charge in [-0.2, -0.15) is 5.26 Å². The molecule has 0 amide bonds. The van der Waals surface area contributed by atoms with E-state index in [1.807, 2.05) is 28.7 Å². The zero-order chi connectivity index (χ0) is 9.30. The van der Waals surface area contributed by atoms with Gasteiger partial charge in [-0.05, 0) is 29.5 Å². The Bertz CT molecular complexity index is 370. The van der Waals surface area contributed by atoms with E-state index in [1.165, 1.54) is 0 Å². The van der Waals surface area contributed by atoms with Gasteiger partial charge in [-0.1, -0.05) is 11.6 Å². The highest BCUT2D eigenvalue weighted by atomic mass is 127. The van der Waals surface area contributed by atoms with Crippen LogP contribution in [0.3, 0.4) is 0 Å². The Kier molecular flexibility index (Phi) is 2.75. The number of anilines is 1. The van der Waals surface area contributed by atoms with Crippen LogP contribution in [0.5, 0.6) is 0 Å². The molecule has 0 atom stereocenters. The van der Waals surface area contributed by atoms with E-state index < -0.39 is 0 Å². The second kappa shape index (κ2) is 3.46. The normalized spacial score (nSPS) is 9.50. The molecule has 12 heavy (non-hydrogen) atoms. The molecule has 62 valence electrons. The minimum Gasteiger partial charge on any atom is -0.397 e. The van der Waals surface area contributed by atoms with Crippen molar-refractivity contribution in [1.29, 1.82) is 5.26 Å². The lowest BCUT2D eigenvalue weighted by molar-refractivity contribution is 1.17. The van der Waals surface area contributed by atoms with Gasteiger partial charge in [-0.25, -0.2) is 4.98 Å². The SMILES string of the molecule is Cc1nc(Cl)c(C#N)c(N)c1I. The number of nitrogens with zero attached hydrogens (tertiary/aromatic N) is 2. The molecule has 2 N–H and O–H groups in total. The van der Waals surface area contributed by atoms with Crippen LogP contribution in [0.15, 0.2) is 0 Å². The molecule has 1 aromatic rings. The van der Waals surface area contributed by atoms with Crippen molar-refractivity contribution in [2.24, 2.45) is 0 Å². The van der Waals surface area contributed by atoms with Gasteiger partial charge < -0.3 is 5.73 Å². The van der Waals surface area contributed by atoms with E-state index in [4.69, 9.17) is 22.6 Å². The number of nitriles is 1. The molecule has 0 saturated heterocycles. The number of nitrogens with two attached hydrogens (primary N) is 1. The van der Waals surface area contributed by atoms with Crippen molar-refractivity contribution in [3.63, 3.8) is 0 Å². The van der Waals surface area contributed by atoms with Crippen molar-refractivity contribution in [3.05, 3.63) is 20.0 Å². The van der Waals surface area contributed by atoms with Crippen LogP contribution in [0.2, 0.25) is 5.15 Å². The molecule has 1 aromatic heterocycles. The van der Waals surface area contributed by atoms with Gasteiger partial charge in [0.2, 0.25) is 0 Å². The van der Waals surface area contributed by atoms with Crippen LogP contribution in [0.1, 0.15) is 11.3 Å². The smallest absolute Gasteiger partial charge is 0.149 e. The summed E-state index contributed by atoms with van der Waals surface area (Å²) in [7, 11) is 0. The van der Waals surface area contributed by atoms with Crippen molar-refractivity contribution in [1.82, 2.24) is 4.98 Å². The number of pyridine rings is 1. The molecule has 0 bridgehead atoms. The first-order chi connectivity index (χ1) is 5.57. The van der Waals surface area contributed by atoms with E-state index in [9.17, 15) is 0 Å². The van der Waals surface area contributed by atoms with Gasteiger partial charge >= 0.3 is 0 Å². The van der Waals surface area contributed by atoms with Crippen LogP contribution in [-0.4, -0.2) is 4.98 Å². The zero-order valence-corrected chi connectivity index (χ0v) is 9.14. The van der Waals surface area contributed by atoms with Crippen LogP contribution in [0, 0.1) is 21.8 Å². The molecule has 3 nitrogen and oxygen atoms in total. The molecule has 0 spiro atoms. The highest BCUT2D eigenvalue weighted by Gasteiger charge is 2.11. The Morgan fingerprint density at radius 3 is 2.75 bits per heavy atom. The lowest BCUT2D eigenvalue weighted by Gasteiger charge is -2.04. The molecule has 1 heterocycles. The van der Waals surface area contributed by atoms with Crippen molar-refractivity contribution >= 4 is 39.9 Å². The lowest BCUT2D eigenvalue weighted by atomic mass is 10.2. The Balaban J connectivity index is 3.54. The average molecular weight is 293 g/mol. The number of hydrogen-bond donors (Lipinski definition) is 1. The van der Waals surface area contributed by atoms with E-state index in [2.05, 4.69) is 4.98 Å². The summed E-state index contributed by atoms with van der Waals surface area (Å²) in [4.78, 5) is 3.96. The van der Waals surface area contributed by atoms with Gasteiger partial charge in [-0.15, -0.1) is 0 Å². The largest absolute Gasteiger partial charge is 0.397 e. The van der Waals surface area contributed by atoms with Crippen molar-refractivity contribution < 1.29 is 0 Å². The summed E-state index contributed by atoms with van der Waals surface area (Å²) in [5.41, 5.74) is 7.06. The Labute approximate surface area is 88.7 Å².